The number of halogens is 2. The molecule has 0 aliphatic carbocycles. The minimum atomic E-state index is -4.09. The molecule has 0 radical (unpaired) electrons. The zero-order valence-corrected chi connectivity index (χ0v) is 14.5. The Morgan fingerprint density at radius 3 is 2.19 bits per heavy atom. The molecule has 0 spiro atoms. The highest BCUT2D eigenvalue weighted by Gasteiger charge is 2.48. The average molecular weight is 387 g/mol. The molecular formula is C15H19F2N5O3S. The first-order chi connectivity index (χ1) is 12.2. The summed E-state index contributed by atoms with van der Waals surface area (Å²) >= 11 is 0. The van der Waals surface area contributed by atoms with Crippen LogP contribution in [0.2, 0.25) is 0 Å². The molecule has 0 aromatic heterocycles. The van der Waals surface area contributed by atoms with Crippen LogP contribution in [0.5, 0.6) is 0 Å². The number of hydrogen-bond donors (Lipinski definition) is 3. The van der Waals surface area contributed by atoms with Crippen molar-refractivity contribution in [1.82, 2.24) is 14.6 Å². The average Bonchev–Trinajstić information content (AvgIpc) is 2.85. The summed E-state index contributed by atoms with van der Waals surface area (Å²) in [5, 5.41) is 0. The highest BCUT2D eigenvalue weighted by atomic mass is 32.2. The van der Waals surface area contributed by atoms with Crippen molar-refractivity contribution in [3.8, 4) is 0 Å². The molecule has 2 saturated heterocycles. The van der Waals surface area contributed by atoms with Gasteiger partial charge in [-0.3, -0.25) is 10.6 Å². The van der Waals surface area contributed by atoms with Gasteiger partial charge in [0.1, 0.15) is 17.3 Å². The molecular weight excluding hydrogens is 368 g/mol. The Morgan fingerprint density at radius 1 is 1.15 bits per heavy atom. The molecule has 5 N–H and O–H groups in total. The first-order valence-electron chi connectivity index (χ1n) is 7.94. The number of benzene rings is 1. The quantitative estimate of drug-likeness (QED) is 0.367. The van der Waals surface area contributed by atoms with Gasteiger partial charge in [-0.05, 0) is 25.0 Å². The van der Waals surface area contributed by atoms with Crippen molar-refractivity contribution in [3.05, 3.63) is 41.7 Å². The van der Waals surface area contributed by atoms with Crippen molar-refractivity contribution in [2.75, 3.05) is 13.1 Å². The Balaban J connectivity index is 1.86. The molecule has 2 aliphatic rings. The maximum absolute atomic E-state index is 13.5. The fraction of sp³-hybridized carbons (Fsp3) is 0.400. The third-order valence-electron chi connectivity index (χ3n) is 4.60. The topological polar surface area (TPSA) is 122 Å². The second-order valence-electron chi connectivity index (χ2n) is 6.30. The molecule has 3 rings (SSSR count). The molecule has 1 amide bonds. The van der Waals surface area contributed by atoms with E-state index in [4.69, 9.17) is 11.6 Å². The van der Waals surface area contributed by atoms with Crippen molar-refractivity contribution in [2.45, 2.75) is 29.8 Å². The van der Waals surface area contributed by atoms with E-state index in [9.17, 15) is 22.0 Å². The second kappa shape index (κ2) is 6.82. The van der Waals surface area contributed by atoms with Crippen molar-refractivity contribution in [3.63, 3.8) is 0 Å². The molecule has 26 heavy (non-hydrogen) atoms. The molecule has 2 unspecified atom stereocenters. The smallest absolute Gasteiger partial charge is 0.271 e. The van der Waals surface area contributed by atoms with Crippen LogP contribution in [0.1, 0.15) is 12.8 Å². The van der Waals surface area contributed by atoms with Crippen molar-refractivity contribution < 1.29 is 22.0 Å². The van der Waals surface area contributed by atoms with Gasteiger partial charge < -0.3 is 16.1 Å². The summed E-state index contributed by atoms with van der Waals surface area (Å²) < 4.78 is 53.9. The number of rotatable bonds is 4. The van der Waals surface area contributed by atoms with Gasteiger partial charge >= 0.3 is 0 Å². The highest BCUT2D eigenvalue weighted by Crippen LogP contribution is 2.35. The highest BCUT2D eigenvalue weighted by molar-refractivity contribution is 7.89. The number of carbonyl (C=O) groups excluding carboxylic acids is 1. The van der Waals surface area contributed by atoms with Gasteiger partial charge in [-0.15, -0.1) is 0 Å². The summed E-state index contributed by atoms with van der Waals surface area (Å²) in [7, 11) is -4.09. The molecule has 8 nitrogen and oxygen atoms in total. The number of nitrogens with zero attached hydrogens (tertiary/aromatic N) is 2. The fourth-order valence-electron chi connectivity index (χ4n) is 3.56. The Kier molecular flexibility index (Phi) is 4.86. The van der Waals surface area contributed by atoms with Gasteiger partial charge in [-0.1, -0.05) is 0 Å². The van der Waals surface area contributed by atoms with Crippen LogP contribution in [-0.2, 0) is 14.8 Å². The lowest BCUT2D eigenvalue weighted by atomic mass is 10.2. The van der Waals surface area contributed by atoms with Gasteiger partial charge in [0.25, 0.3) is 5.91 Å². The van der Waals surface area contributed by atoms with Gasteiger partial charge in [-0.25, -0.2) is 17.2 Å². The van der Waals surface area contributed by atoms with Crippen molar-refractivity contribution >= 4 is 15.9 Å². The maximum atomic E-state index is 13.5. The van der Waals surface area contributed by atoms with Gasteiger partial charge in [0, 0.05) is 37.4 Å². The van der Waals surface area contributed by atoms with Crippen LogP contribution in [0.15, 0.2) is 35.0 Å². The predicted octanol–water partition coefficient (Wildman–Crippen LogP) is -0.408. The van der Waals surface area contributed by atoms with Crippen LogP contribution in [0.4, 0.5) is 8.78 Å². The third kappa shape index (κ3) is 3.24. The number of amides is 1. The minimum absolute atomic E-state index is 0.0876. The molecule has 2 bridgehead atoms. The monoisotopic (exact) mass is 387 g/mol. The molecule has 1 aromatic carbocycles. The largest absolute Gasteiger partial charge is 0.393 e. The van der Waals surface area contributed by atoms with E-state index in [1.165, 1.54) is 9.21 Å². The molecule has 142 valence electrons. The van der Waals surface area contributed by atoms with Gasteiger partial charge in [0.05, 0.1) is 4.90 Å². The number of sulfonamides is 1. The van der Waals surface area contributed by atoms with Crippen LogP contribution in [0.3, 0.4) is 0 Å². The van der Waals surface area contributed by atoms with E-state index >= 15 is 0 Å². The lowest BCUT2D eigenvalue weighted by Gasteiger charge is -2.40. The number of carbonyl (C=O) groups is 1. The van der Waals surface area contributed by atoms with E-state index < -0.39 is 44.5 Å². The summed E-state index contributed by atoms with van der Waals surface area (Å²) in [6.45, 7) is 0.289. The summed E-state index contributed by atoms with van der Waals surface area (Å²) in [6.07, 6.45) is 2.25. The standard InChI is InChI=1S/C15H19F2N5O3S/c16-9-3-10(17)5-13(4-9)26(24,25)22-11-1-2-12(22)8-21(7-11)15(23)14(18)6-20-19/h3-6,11-12,20H,1-2,7-8,18-19H2/b14-6-. The zero-order chi connectivity index (χ0) is 19.1. The van der Waals surface area contributed by atoms with E-state index in [2.05, 4.69) is 5.43 Å². The molecule has 2 aliphatic heterocycles. The van der Waals surface area contributed by atoms with Crippen LogP contribution in [-0.4, -0.2) is 48.7 Å². The van der Waals surface area contributed by atoms with E-state index in [-0.39, 0.29) is 18.8 Å². The summed E-state index contributed by atoms with van der Waals surface area (Å²) in [4.78, 5) is 13.3. The molecule has 0 saturated carbocycles. The summed E-state index contributed by atoms with van der Waals surface area (Å²) in [5.41, 5.74) is 7.72. The fourth-order valence-corrected chi connectivity index (χ4v) is 5.45. The minimum Gasteiger partial charge on any atom is -0.393 e. The lowest BCUT2D eigenvalue weighted by molar-refractivity contribution is -0.129. The molecule has 11 heteroatoms. The van der Waals surface area contributed by atoms with Crippen LogP contribution in [0, 0.1) is 11.6 Å². The van der Waals surface area contributed by atoms with E-state index in [1.54, 1.807) is 0 Å². The number of nitrogens with two attached hydrogens (primary N) is 2. The van der Waals surface area contributed by atoms with E-state index in [0.717, 1.165) is 18.3 Å². The number of hydrogen-bond acceptors (Lipinski definition) is 6. The third-order valence-corrected chi connectivity index (χ3v) is 6.58. The Morgan fingerprint density at radius 2 is 1.69 bits per heavy atom. The van der Waals surface area contributed by atoms with Gasteiger partial charge in [0.15, 0.2) is 0 Å². The first-order valence-corrected chi connectivity index (χ1v) is 9.38. The van der Waals surface area contributed by atoms with Gasteiger partial charge in [0.2, 0.25) is 10.0 Å². The molecule has 2 heterocycles. The maximum Gasteiger partial charge on any atom is 0.271 e. The Bertz CT molecular complexity index is 827. The summed E-state index contributed by atoms with van der Waals surface area (Å²) in [6, 6.07) is 1.25. The molecule has 2 fully saturated rings. The van der Waals surface area contributed by atoms with Crippen LogP contribution < -0.4 is 17.0 Å². The predicted molar refractivity (Wildman–Crippen MR) is 88.4 cm³/mol. The second-order valence-corrected chi connectivity index (χ2v) is 8.14. The van der Waals surface area contributed by atoms with E-state index in [1.807, 2.05) is 0 Å². The summed E-state index contributed by atoms with van der Waals surface area (Å²) in [5.74, 6) is 2.73. The lowest BCUT2D eigenvalue weighted by Crippen LogP contribution is -2.57. The normalized spacial score (nSPS) is 24.0. The van der Waals surface area contributed by atoms with Crippen molar-refractivity contribution in [1.29, 1.82) is 0 Å². The van der Waals surface area contributed by atoms with Crippen LogP contribution in [0.25, 0.3) is 0 Å². The zero-order valence-electron chi connectivity index (χ0n) is 13.7. The van der Waals surface area contributed by atoms with E-state index in [0.29, 0.717) is 18.9 Å². The number of nitrogens with one attached hydrogen (secondary N) is 1. The SMILES string of the molecule is NN/C=C(\N)C(=O)N1CC2CCC(C1)N2S(=O)(=O)c1cc(F)cc(F)c1. The van der Waals surface area contributed by atoms with Crippen LogP contribution >= 0.6 is 0 Å². The van der Waals surface area contributed by atoms with Gasteiger partial charge in [-0.2, -0.15) is 4.31 Å². The number of piperazine rings is 1. The molecule has 2 atom stereocenters. The first kappa shape index (κ1) is 18.5. The number of likely N-dealkylation sites (tertiary alicyclic amines) is 1. The Labute approximate surface area is 149 Å². The number of fused-ring (bicyclic) bond motifs is 2. The number of hydrazine groups is 1. The Hall–Kier alpha value is -2.24. The van der Waals surface area contributed by atoms with Crippen molar-refractivity contribution in [2.24, 2.45) is 11.6 Å². The molecule has 1 aromatic rings.